The Morgan fingerprint density at radius 1 is 1.04 bits per heavy atom. The van der Waals surface area contributed by atoms with Crippen LogP contribution in [0.1, 0.15) is 16.9 Å². The molecule has 3 aromatic rings. The van der Waals surface area contributed by atoms with Crippen LogP contribution in [-0.4, -0.2) is 42.9 Å². The molecule has 0 atom stereocenters. The van der Waals surface area contributed by atoms with Crippen molar-refractivity contribution in [1.29, 1.82) is 0 Å². The molecule has 0 saturated heterocycles. The minimum Gasteiger partial charge on any atom is -0.506 e. The molecule has 0 amide bonds. The number of hydrogen-bond donors (Lipinski definition) is 1. The zero-order valence-corrected chi connectivity index (χ0v) is 14.9. The monoisotopic (exact) mass is 338 g/mol. The molecule has 0 saturated carbocycles. The second-order valence-corrected chi connectivity index (χ2v) is 7.08. The number of aliphatic imine (C=N–C) groups is 1. The number of benzene rings is 2. The standard InChI is InChI=1S/C20H22N2OS/c1-22(2)14-8-13-21-18(15-9-4-3-5-10-15)20-19(23)16-11-6-7-12-17(16)24-20/h3-7,9-12,23H,8,13-14H2,1-2H3. The van der Waals surface area contributed by atoms with Crippen molar-refractivity contribution >= 4 is 27.1 Å². The molecular formula is C20H22N2OS. The minimum atomic E-state index is 0.339. The van der Waals surface area contributed by atoms with E-state index in [1.807, 2.05) is 42.5 Å². The molecule has 0 aliphatic carbocycles. The first-order valence-corrected chi connectivity index (χ1v) is 8.94. The number of rotatable bonds is 6. The maximum atomic E-state index is 10.7. The second-order valence-electron chi connectivity index (χ2n) is 6.03. The van der Waals surface area contributed by atoms with E-state index < -0.39 is 0 Å². The van der Waals surface area contributed by atoms with E-state index in [1.54, 1.807) is 11.3 Å². The van der Waals surface area contributed by atoms with E-state index in [1.165, 1.54) is 0 Å². The molecule has 0 radical (unpaired) electrons. The van der Waals surface area contributed by atoms with Crippen LogP contribution < -0.4 is 0 Å². The van der Waals surface area contributed by atoms with Crippen molar-refractivity contribution in [3.63, 3.8) is 0 Å². The number of nitrogens with zero attached hydrogens (tertiary/aromatic N) is 2. The smallest absolute Gasteiger partial charge is 0.143 e. The van der Waals surface area contributed by atoms with Crippen molar-refractivity contribution in [3.05, 3.63) is 65.0 Å². The molecule has 24 heavy (non-hydrogen) atoms. The van der Waals surface area contributed by atoms with Crippen LogP contribution in [0, 0.1) is 0 Å². The van der Waals surface area contributed by atoms with Crippen LogP contribution >= 0.6 is 11.3 Å². The van der Waals surface area contributed by atoms with Gasteiger partial charge in [0.15, 0.2) is 0 Å². The van der Waals surface area contributed by atoms with Gasteiger partial charge in [0.2, 0.25) is 0 Å². The minimum absolute atomic E-state index is 0.339. The van der Waals surface area contributed by atoms with Crippen LogP contribution in [0.25, 0.3) is 10.1 Å². The summed E-state index contributed by atoms with van der Waals surface area (Å²) in [6, 6.07) is 18.1. The first-order chi connectivity index (χ1) is 11.7. The lowest BCUT2D eigenvalue weighted by Crippen LogP contribution is -2.14. The van der Waals surface area contributed by atoms with Gasteiger partial charge in [-0.2, -0.15) is 0 Å². The number of aromatic hydroxyl groups is 1. The third kappa shape index (κ3) is 3.66. The Kier molecular flexibility index (Phi) is 5.28. The largest absolute Gasteiger partial charge is 0.506 e. The van der Waals surface area contributed by atoms with Gasteiger partial charge in [0.25, 0.3) is 0 Å². The molecule has 3 rings (SSSR count). The summed E-state index contributed by atoms with van der Waals surface area (Å²) in [7, 11) is 4.14. The van der Waals surface area contributed by atoms with Crippen molar-refractivity contribution in [2.75, 3.05) is 27.2 Å². The first kappa shape index (κ1) is 16.7. The second kappa shape index (κ2) is 7.60. The van der Waals surface area contributed by atoms with Gasteiger partial charge in [-0.15, -0.1) is 11.3 Å². The zero-order valence-electron chi connectivity index (χ0n) is 14.1. The average Bonchev–Trinajstić information content (AvgIpc) is 2.92. The Balaban J connectivity index is 2.00. The van der Waals surface area contributed by atoms with E-state index in [9.17, 15) is 5.11 Å². The normalized spacial score (nSPS) is 12.2. The molecule has 0 bridgehead atoms. The van der Waals surface area contributed by atoms with Crippen LogP contribution in [0.15, 0.2) is 59.6 Å². The maximum absolute atomic E-state index is 10.7. The molecule has 3 nitrogen and oxygen atoms in total. The van der Waals surface area contributed by atoms with Gasteiger partial charge in [0, 0.05) is 22.2 Å². The highest BCUT2D eigenvalue weighted by molar-refractivity contribution is 7.21. The van der Waals surface area contributed by atoms with E-state index in [-0.39, 0.29) is 0 Å². The quantitative estimate of drug-likeness (QED) is 0.534. The number of hydrogen-bond acceptors (Lipinski definition) is 4. The summed E-state index contributed by atoms with van der Waals surface area (Å²) in [6.07, 6.45) is 0.995. The molecule has 1 N–H and O–H groups in total. The highest BCUT2D eigenvalue weighted by atomic mass is 32.1. The lowest BCUT2D eigenvalue weighted by Gasteiger charge is -2.09. The Morgan fingerprint density at radius 3 is 2.46 bits per heavy atom. The fourth-order valence-corrected chi connectivity index (χ4v) is 3.79. The van der Waals surface area contributed by atoms with E-state index in [4.69, 9.17) is 4.99 Å². The van der Waals surface area contributed by atoms with Gasteiger partial charge in [0.05, 0.1) is 10.6 Å². The van der Waals surface area contributed by atoms with Crippen molar-refractivity contribution in [1.82, 2.24) is 4.90 Å². The molecule has 124 valence electrons. The fraction of sp³-hybridized carbons (Fsp3) is 0.250. The summed E-state index contributed by atoms with van der Waals surface area (Å²) in [5, 5.41) is 11.6. The lowest BCUT2D eigenvalue weighted by molar-refractivity contribution is 0.403. The Hall–Kier alpha value is -2.17. The predicted octanol–water partition coefficient (Wildman–Crippen LogP) is 4.40. The Bertz CT molecular complexity index is 837. The van der Waals surface area contributed by atoms with Crippen LogP contribution in [0.5, 0.6) is 5.75 Å². The fourth-order valence-electron chi connectivity index (χ4n) is 2.66. The summed E-state index contributed by atoms with van der Waals surface area (Å²) in [5.41, 5.74) is 1.93. The van der Waals surface area contributed by atoms with Gasteiger partial charge in [-0.25, -0.2) is 0 Å². The summed E-state index contributed by atoms with van der Waals surface area (Å²) in [6.45, 7) is 1.75. The molecule has 0 spiro atoms. The molecule has 1 heterocycles. The van der Waals surface area contributed by atoms with Gasteiger partial charge >= 0.3 is 0 Å². The molecule has 0 aliphatic rings. The van der Waals surface area contributed by atoms with Crippen molar-refractivity contribution in [2.24, 2.45) is 4.99 Å². The third-order valence-electron chi connectivity index (χ3n) is 3.86. The van der Waals surface area contributed by atoms with Gasteiger partial charge in [-0.1, -0.05) is 42.5 Å². The summed E-state index contributed by atoms with van der Waals surface area (Å²) >= 11 is 1.60. The molecule has 0 aliphatic heterocycles. The molecule has 4 heteroatoms. The average molecular weight is 338 g/mol. The van der Waals surface area contributed by atoms with Crippen LogP contribution in [0.4, 0.5) is 0 Å². The van der Waals surface area contributed by atoms with Gasteiger partial charge < -0.3 is 10.0 Å². The first-order valence-electron chi connectivity index (χ1n) is 8.12. The lowest BCUT2D eigenvalue weighted by atomic mass is 10.1. The summed E-state index contributed by atoms with van der Waals surface area (Å²) in [4.78, 5) is 7.85. The van der Waals surface area contributed by atoms with Gasteiger partial charge in [-0.05, 0) is 39.2 Å². The van der Waals surface area contributed by atoms with Gasteiger partial charge in [0.1, 0.15) is 5.75 Å². The molecule has 1 aromatic heterocycles. The van der Waals surface area contributed by atoms with Crippen molar-refractivity contribution in [2.45, 2.75) is 6.42 Å². The van der Waals surface area contributed by atoms with E-state index in [2.05, 4.69) is 31.1 Å². The van der Waals surface area contributed by atoms with Crippen LogP contribution in [-0.2, 0) is 0 Å². The predicted molar refractivity (Wildman–Crippen MR) is 104 cm³/mol. The molecular weight excluding hydrogens is 316 g/mol. The van der Waals surface area contributed by atoms with Crippen LogP contribution in [0.2, 0.25) is 0 Å². The van der Waals surface area contributed by atoms with E-state index in [0.29, 0.717) is 5.75 Å². The summed E-state index contributed by atoms with van der Waals surface area (Å²) in [5.74, 6) is 0.339. The van der Waals surface area contributed by atoms with E-state index in [0.717, 1.165) is 45.7 Å². The van der Waals surface area contributed by atoms with Gasteiger partial charge in [-0.3, -0.25) is 4.99 Å². The maximum Gasteiger partial charge on any atom is 0.143 e. The number of fused-ring (bicyclic) bond motifs is 1. The third-order valence-corrected chi connectivity index (χ3v) is 5.03. The SMILES string of the molecule is CN(C)CCCN=C(c1ccccc1)c1sc2ccccc2c1O. The van der Waals surface area contributed by atoms with Crippen molar-refractivity contribution in [3.8, 4) is 5.75 Å². The Morgan fingerprint density at radius 2 is 1.75 bits per heavy atom. The Labute approximate surface area is 146 Å². The molecule has 2 aromatic carbocycles. The number of thiophene rings is 1. The highest BCUT2D eigenvalue weighted by Gasteiger charge is 2.17. The zero-order chi connectivity index (χ0) is 16.9. The van der Waals surface area contributed by atoms with E-state index >= 15 is 0 Å². The molecule has 0 fully saturated rings. The van der Waals surface area contributed by atoms with Crippen LogP contribution in [0.3, 0.4) is 0 Å². The molecule has 0 unspecified atom stereocenters. The highest BCUT2D eigenvalue weighted by Crippen LogP contribution is 2.38. The van der Waals surface area contributed by atoms with Crippen molar-refractivity contribution < 1.29 is 5.11 Å². The topological polar surface area (TPSA) is 35.8 Å². The summed E-state index contributed by atoms with van der Waals surface area (Å²) < 4.78 is 1.09.